The van der Waals surface area contributed by atoms with Gasteiger partial charge in [0, 0.05) is 42.6 Å². The van der Waals surface area contributed by atoms with E-state index in [1.807, 2.05) is 23.9 Å². The van der Waals surface area contributed by atoms with Gasteiger partial charge >= 0.3 is 0 Å². The van der Waals surface area contributed by atoms with Crippen molar-refractivity contribution in [3.63, 3.8) is 0 Å². The van der Waals surface area contributed by atoms with Gasteiger partial charge in [0.15, 0.2) is 5.96 Å². The number of nitrogens with zero attached hydrogens (tertiary/aromatic N) is 1. The Hall–Kier alpha value is -0.0600. The third-order valence-electron chi connectivity index (χ3n) is 4.57. The molecule has 4 nitrogen and oxygen atoms in total. The minimum Gasteiger partial charge on any atom is -0.381 e. The normalized spacial score (nSPS) is 16.7. The second kappa shape index (κ2) is 12.4. The third kappa shape index (κ3) is 7.52. The molecule has 2 N–H and O–H groups in total. The van der Waals surface area contributed by atoms with Crippen molar-refractivity contribution in [1.29, 1.82) is 0 Å². The maximum absolute atomic E-state index is 13.8. The van der Waals surface area contributed by atoms with Crippen LogP contribution in [0.25, 0.3) is 0 Å². The van der Waals surface area contributed by atoms with Gasteiger partial charge in [-0.15, -0.1) is 24.0 Å². The Kier molecular flexibility index (Phi) is 11.4. The zero-order chi connectivity index (χ0) is 18.1. The number of ether oxygens (including phenoxy) is 1. The lowest BCUT2D eigenvalue weighted by Gasteiger charge is -2.36. The summed E-state index contributed by atoms with van der Waals surface area (Å²) >= 11 is 5.18. The van der Waals surface area contributed by atoms with Crippen LogP contribution in [0.3, 0.4) is 0 Å². The molecule has 26 heavy (non-hydrogen) atoms. The number of guanidine groups is 1. The Labute approximate surface area is 185 Å². The van der Waals surface area contributed by atoms with Crippen molar-refractivity contribution in [2.24, 2.45) is 4.99 Å². The Balaban J connectivity index is 0.00000338. The van der Waals surface area contributed by atoms with Crippen molar-refractivity contribution in [2.75, 3.05) is 39.6 Å². The fourth-order valence-corrected chi connectivity index (χ4v) is 4.00. The smallest absolute Gasteiger partial charge is 0.191 e. The fraction of sp³-hybridized carbons (Fsp3) is 0.611. The van der Waals surface area contributed by atoms with E-state index < -0.39 is 0 Å². The van der Waals surface area contributed by atoms with Gasteiger partial charge in [-0.25, -0.2) is 4.39 Å². The Morgan fingerprint density at radius 3 is 2.69 bits per heavy atom. The SMILES string of the molecule is CN=C(NCCCc1ccc(Br)cc1F)NCC1(SC)CCOCC1.I. The molecule has 2 rings (SSSR count). The quantitative estimate of drug-likeness (QED) is 0.227. The van der Waals surface area contributed by atoms with Crippen molar-refractivity contribution in [1.82, 2.24) is 10.6 Å². The minimum absolute atomic E-state index is 0. The van der Waals surface area contributed by atoms with Gasteiger partial charge in [0.1, 0.15) is 5.82 Å². The molecule has 0 atom stereocenters. The predicted octanol–water partition coefficient (Wildman–Crippen LogP) is 4.22. The van der Waals surface area contributed by atoms with Crippen molar-refractivity contribution in [3.8, 4) is 0 Å². The maximum atomic E-state index is 13.8. The van der Waals surface area contributed by atoms with Crippen LogP contribution in [0.4, 0.5) is 4.39 Å². The van der Waals surface area contributed by atoms with Crippen LogP contribution in [-0.4, -0.2) is 50.3 Å². The van der Waals surface area contributed by atoms with E-state index in [9.17, 15) is 4.39 Å². The van der Waals surface area contributed by atoms with Crippen LogP contribution in [0.5, 0.6) is 0 Å². The van der Waals surface area contributed by atoms with Gasteiger partial charge in [0.25, 0.3) is 0 Å². The highest BCUT2D eigenvalue weighted by Gasteiger charge is 2.31. The Morgan fingerprint density at radius 2 is 2.08 bits per heavy atom. The summed E-state index contributed by atoms with van der Waals surface area (Å²) in [6, 6.07) is 5.22. The Bertz CT molecular complexity index is 586. The molecule has 1 saturated heterocycles. The number of nitrogens with one attached hydrogen (secondary N) is 2. The second-order valence-corrected chi connectivity index (χ2v) is 8.38. The molecule has 1 aromatic rings. The van der Waals surface area contributed by atoms with Crippen molar-refractivity contribution in [3.05, 3.63) is 34.1 Å². The van der Waals surface area contributed by atoms with E-state index >= 15 is 0 Å². The standard InChI is InChI=1S/C18H27BrFN3OS.HI/c1-21-17(23-13-18(25-2)7-10-24-11-8-18)22-9-3-4-14-5-6-15(19)12-16(14)20;/h5-6,12H,3-4,7-11,13H2,1-2H3,(H2,21,22,23);1H. The van der Waals surface area contributed by atoms with Crippen molar-refractivity contribution < 1.29 is 9.13 Å². The molecule has 1 aliphatic heterocycles. The summed E-state index contributed by atoms with van der Waals surface area (Å²) in [5, 5.41) is 6.75. The molecule has 0 aliphatic carbocycles. The highest BCUT2D eigenvalue weighted by Crippen LogP contribution is 2.32. The summed E-state index contributed by atoms with van der Waals surface area (Å²) in [5.74, 6) is 0.648. The minimum atomic E-state index is -0.154. The molecule has 0 bridgehead atoms. The van der Waals surface area contributed by atoms with E-state index in [1.54, 1.807) is 7.05 Å². The van der Waals surface area contributed by atoms with Gasteiger partial charge in [-0.2, -0.15) is 11.8 Å². The van der Waals surface area contributed by atoms with Crippen LogP contribution in [0, 0.1) is 5.82 Å². The van der Waals surface area contributed by atoms with Crippen LogP contribution in [0.15, 0.2) is 27.7 Å². The van der Waals surface area contributed by atoms with E-state index in [-0.39, 0.29) is 34.5 Å². The van der Waals surface area contributed by atoms with Gasteiger partial charge in [-0.3, -0.25) is 4.99 Å². The molecule has 0 radical (unpaired) electrons. The van der Waals surface area contributed by atoms with Crippen LogP contribution in [0.1, 0.15) is 24.8 Å². The van der Waals surface area contributed by atoms with Crippen molar-refractivity contribution >= 4 is 57.6 Å². The molecule has 1 aliphatic rings. The molecular weight excluding hydrogens is 532 g/mol. The molecule has 0 aromatic heterocycles. The largest absolute Gasteiger partial charge is 0.381 e. The highest BCUT2D eigenvalue weighted by atomic mass is 127. The maximum Gasteiger partial charge on any atom is 0.191 e. The lowest BCUT2D eigenvalue weighted by atomic mass is 9.99. The van der Waals surface area contributed by atoms with Crippen LogP contribution < -0.4 is 10.6 Å². The summed E-state index contributed by atoms with van der Waals surface area (Å²) in [6.07, 6.45) is 5.83. The van der Waals surface area contributed by atoms with Crippen molar-refractivity contribution in [2.45, 2.75) is 30.4 Å². The number of benzene rings is 1. The average Bonchev–Trinajstić information content (AvgIpc) is 2.63. The summed E-state index contributed by atoms with van der Waals surface area (Å²) in [6.45, 7) is 3.28. The highest BCUT2D eigenvalue weighted by molar-refractivity contribution is 14.0. The molecule has 1 aromatic carbocycles. The monoisotopic (exact) mass is 559 g/mol. The van der Waals surface area contributed by atoms with Gasteiger partial charge in [-0.05, 0) is 49.6 Å². The van der Waals surface area contributed by atoms with E-state index in [0.29, 0.717) is 6.42 Å². The van der Waals surface area contributed by atoms with Crippen LogP contribution in [0.2, 0.25) is 0 Å². The number of thioether (sulfide) groups is 1. The fourth-order valence-electron chi connectivity index (χ4n) is 2.87. The Morgan fingerprint density at radius 1 is 1.35 bits per heavy atom. The molecule has 1 fully saturated rings. The number of aryl methyl sites for hydroxylation is 1. The number of halogens is 3. The van der Waals surface area contributed by atoms with E-state index in [1.165, 1.54) is 6.07 Å². The lowest BCUT2D eigenvalue weighted by molar-refractivity contribution is 0.0783. The molecule has 0 unspecified atom stereocenters. The molecule has 1 heterocycles. The first-order valence-electron chi connectivity index (χ1n) is 8.60. The molecule has 0 saturated carbocycles. The van der Waals surface area contributed by atoms with E-state index in [0.717, 1.165) is 61.6 Å². The summed E-state index contributed by atoms with van der Waals surface area (Å²) in [4.78, 5) is 4.29. The topological polar surface area (TPSA) is 45.7 Å². The van der Waals surface area contributed by atoms with Gasteiger partial charge < -0.3 is 15.4 Å². The average molecular weight is 560 g/mol. The first-order chi connectivity index (χ1) is 12.1. The van der Waals surface area contributed by atoms with Crippen LogP contribution in [-0.2, 0) is 11.2 Å². The third-order valence-corrected chi connectivity index (χ3v) is 6.48. The number of aliphatic imine (C=N–C) groups is 1. The summed E-state index contributed by atoms with van der Waals surface area (Å²) < 4.78 is 20.3. The molecule has 0 amide bonds. The summed E-state index contributed by atoms with van der Waals surface area (Å²) in [5.41, 5.74) is 0.747. The second-order valence-electron chi connectivity index (χ2n) is 6.19. The number of hydrogen-bond acceptors (Lipinski definition) is 3. The first kappa shape index (κ1) is 24.0. The van der Waals surface area contributed by atoms with E-state index in [4.69, 9.17) is 4.74 Å². The molecule has 8 heteroatoms. The zero-order valence-electron chi connectivity index (χ0n) is 15.3. The lowest BCUT2D eigenvalue weighted by Crippen LogP contribution is -2.48. The number of hydrogen-bond donors (Lipinski definition) is 2. The van der Waals surface area contributed by atoms with Crippen LogP contribution >= 0.6 is 51.7 Å². The van der Waals surface area contributed by atoms with Gasteiger partial charge in [-0.1, -0.05) is 22.0 Å². The molecular formula is C18H28BrFIN3OS. The number of rotatable bonds is 7. The van der Waals surface area contributed by atoms with Gasteiger partial charge in [0.2, 0.25) is 0 Å². The first-order valence-corrected chi connectivity index (χ1v) is 10.6. The molecule has 148 valence electrons. The van der Waals surface area contributed by atoms with E-state index in [2.05, 4.69) is 37.8 Å². The zero-order valence-corrected chi connectivity index (χ0v) is 20.0. The molecule has 0 spiro atoms. The van der Waals surface area contributed by atoms with Gasteiger partial charge in [0.05, 0.1) is 0 Å². The predicted molar refractivity (Wildman–Crippen MR) is 123 cm³/mol. The summed E-state index contributed by atoms with van der Waals surface area (Å²) in [7, 11) is 1.78.